The van der Waals surface area contributed by atoms with Crippen molar-refractivity contribution in [3.63, 3.8) is 0 Å². The number of fused-ring (bicyclic) bond motifs is 1. The van der Waals surface area contributed by atoms with Crippen LogP contribution in [0.25, 0.3) is 5.69 Å². The number of hydrogen-bond acceptors (Lipinski definition) is 4. The van der Waals surface area contributed by atoms with Crippen LogP contribution in [0.15, 0.2) is 48.8 Å². The predicted octanol–water partition coefficient (Wildman–Crippen LogP) is 4.19. The first kappa shape index (κ1) is 19.3. The average Bonchev–Trinajstić information content (AvgIpc) is 3.30. The second-order valence-electron chi connectivity index (χ2n) is 7.00. The Morgan fingerprint density at radius 3 is 2.83 bits per heavy atom. The van der Waals surface area contributed by atoms with Crippen molar-refractivity contribution in [3.8, 4) is 17.2 Å². The SMILES string of the molecule is CCOc1cc2c(cc1CNC(=O)c1ccc(-n3cc[nH]c3=S)cc1)OC(C)C2. The maximum absolute atomic E-state index is 12.6. The lowest BCUT2D eigenvalue weighted by atomic mass is 10.1. The normalized spacial score (nSPS) is 14.9. The second-order valence-corrected chi connectivity index (χ2v) is 7.38. The van der Waals surface area contributed by atoms with Crippen LogP contribution < -0.4 is 14.8 Å². The van der Waals surface area contributed by atoms with E-state index in [0.717, 1.165) is 34.7 Å². The molecule has 0 aliphatic carbocycles. The van der Waals surface area contributed by atoms with Gasteiger partial charge in [-0.3, -0.25) is 9.36 Å². The van der Waals surface area contributed by atoms with Gasteiger partial charge in [0.15, 0.2) is 4.77 Å². The number of amides is 1. The van der Waals surface area contributed by atoms with Crippen LogP contribution in [0.1, 0.15) is 35.3 Å². The molecule has 0 fully saturated rings. The molecule has 0 bridgehead atoms. The number of ether oxygens (including phenoxy) is 2. The summed E-state index contributed by atoms with van der Waals surface area (Å²) in [4.78, 5) is 15.6. The van der Waals surface area contributed by atoms with E-state index in [1.54, 1.807) is 18.3 Å². The van der Waals surface area contributed by atoms with Gasteiger partial charge >= 0.3 is 0 Å². The molecule has 1 amide bonds. The largest absolute Gasteiger partial charge is 0.494 e. The number of rotatable bonds is 6. The molecular formula is C22H23N3O3S. The number of aromatic nitrogens is 2. The number of benzene rings is 2. The predicted molar refractivity (Wildman–Crippen MR) is 114 cm³/mol. The Bertz CT molecular complexity index is 1090. The zero-order valence-corrected chi connectivity index (χ0v) is 17.2. The Labute approximate surface area is 174 Å². The van der Waals surface area contributed by atoms with Crippen molar-refractivity contribution in [2.45, 2.75) is 32.9 Å². The molecule has 0 spiro atoms. The van der Waals surface area contributed by atoms with Crippen LogP contribution in [0.2, 0.25) is 0 Å². The van der Waals surface area contributed by atoms with E-state index in [1.165, 1.54) is 0 Å². The Kier molecular flexibility index (Phi) is 5.40. The fourth-order valence-corrected chi connectivity index (χ4v) is 3.72. The molecule has 29 heavy (non-hydrogen) atoms. The quantitative estimate of drug-likeness (QED) is 0.599. The second kappa shape index (κ2) is 8.13. The molecule has 1 aliphatic rings. The fraction of sp³-hybridized carbons (Fsp3) is 0.273. The number of nitrogens with one attached hydrogen (secondary N) is 2. The van der Waals surface area contributed by atoms with Gasteiger partial charge in [-0.05, 0) is 62.5 Å². The smallest absolute Gasteiger partial charge is 0.251 e. The molecule has 150 valence electrons. The van der Waals surface area contributed by atoms with Crippen LogP contribution in [0.3, 0.4) is 0 Å². The highest BCUT2D eigenvalue weighted by Gasteiger charge is 2.22. The van der Waals surface area contributed by atoms with E-state index >= 15 is 0 Å². The van der Waals surface area contributed by atoms with Gasteiger partial charge in [0.25, 0.3) is 5.91 Å². The van der Waals surface area contributed by atoms with Crippen molar-refractivity contribution in [2.75, 3.05) is 6.61 Å². The van der Waals surface area contributed by atoms with Gasteiger partial charge in [0.05, 0.1) is 6.61 Å². The number of nitrogens with zero attached hydrogens (tertiary/aromatic N) is 1. The first-order valence-corrected chi connectivity index (χ1v) is 10.1. The molecule has 0 saturated heterocycles. The number of carbonyl (C=O) groups excluding carboxylic acids is 1. The summed E-state index contributed by atoms with van der Waals surface area (Å²) in [5.41, 5.74) is 3.54. The van der Waals surface area contributed by atoms with Gasteiger partial charge in [-0.1, -0.05) is 0 Å². The number of aromatic amines is 1. The molecule has 1 unspecified atom stereocenters. The van der Waals surface area contributed by atoms with Gasteiger partial charge in [-0.2, -0.15) is 0 Å². The van der Waals surface area contributed by atoms with Crippen molar-refractivity contribution >= 4 is 18.1 Å². The van der Waals surface area contributed by atoms with Crippen molar-refractivity contribution < 1.29 is 14.3 Å². The Balaban J connectivity index is 1.48. The molecule has 1 aromatic heterocycles. The fourth-order valence-electron chi connectivity index (χ4n) is 3.48. The Morgan fingerprint density at radius 2 is 2.14 bits per heavy atom. The topological polar surface area (TPSA) is 68.3 Å². The molecule has 0 saturated carbocycles. The summed E-state index contributed by atoms with van der Waals surface area (Å²) in [6, 6.07) is 11.3. The minimum Gasteiger partial charge on any atom is -0.494 e. The summed E-state index contributed by atoms with van der Waals surface area (Å²) < 4.78 is 14.1. The van der Waals surface area contributed by atoms with Gasteiger partial charge in [0.1, 0.15) is 17.6 Å². The van der Waals surface area contributed by atoms with Crippen LogP contribution >= 0.6 is 12.2 Å². The van der Waals surface area contributed by atoms with Crippen LogP contribution in [-0.2, 0) is 13.0 Å². The summed E-state index contributed by atoms with van der Waals surface area (Å²) in [5, 5.41) is 2.97. The highest BCUT2D eigenvalue weighted by molar-refractivity contribution is 7.71. The minimum absolute atomic E-state index is 0.147. The summed E-state index contributed by atoms with van der Waals surface area (Å²) in [5.74, 6) is 1.52. The van der Waals surface area contributed by atoms with Crippen LogP contribution in [-0.4, -0.2) is 28.2 Å². The first-order chi connectivity index (χ1) is 14.0. The van der Waals surface area contributed by atoms with E-state index in [-0.39, 0.29) is 12.0 Å². The molecule has 0 radical (unpaired) electrons. The third-order valence-corrected chi connectivity index (χ3v) is 5.19. The lowest BCUT2D eigenvalue weighted by Gasteiger charge is -2.13. The standard InChI is InChI=1S/C22H23N3O3S/c1-3-27-19-11-16-10-14(2)28-20(16)12-17(19)13-24-21(26)15-4-6-18(7-5-15)25-9-8-23-22(25)29/h4-9,11-12,14H,3,10,13H2,1-2H3,(H,23,29)(H,24,26). The highest BCUT2D eigenvalue weighted by Crippen LogP contribution is 2.35. The Hall–Kier alpha value is -3.06. The molecule has 6 nitrogen and oxygen atoms in total. The number of imidazole rings is 1. The zero-order chi connectivity index (χ0) is 20.4. The highest BCUT2D eigenvalue weighted by atomic mass is 32.1. The number of carbonyl (C=O) groups is 1. The van der Waals surface area contributed by atoms with E-state index < -0.39 is 0 Å². The maximum atomic E-state index is 12.6. The van der Waals surface area contributed by atoms with Gasteiger partial charge in [0, 0.05) is 47.7 Å². The molecule has 1 aliphatic heterocycles. The zero-order valence-electron chi connectivity index (χ0n) is 16.4. The number of hydrogen-bond donors (Lipinski definition) is 2. The molecule has 2 aromatic carbocycles. The molecular weight excluding hydrogens is 386 g/mol. The van der Waals surface area contributed by atoms with Crippen LogP contribution in [0.4, 0.5) is 0 Å². The van der Waals surface area contributed by atoms with E-state index in [0.29, 0.717) is 23.5 Å². The van der Waals surface area contributed by atoms with E-state index in [9.17, 15) is 4.79 Å². The minimum atomic E-state index is -0.147. The third kappa shape index (κ3) is 4.05. The van der Waals surface area contributed by atoms with Gasteiger partial charge in [0.2, 0.25) is 0 Å². The monoisotopic (exact) mass is 409 g/mol. The van der Waals surface area contributed by atoms with Crippen LogP contribution in [0, 0.1) is 4.77 Å². The third-order valence-electron chi connectivity index (χ3n) is 4.88. The molecule has 2 heterocycles. The van der Waals surface area contributed by atoms with E-state index in [4.69, 9.17) is 21.7 Å². The summed E-state index contributed by atoms with van der Waals surface area (Å²) in [7, 11) is 0. The molecule has 2 N–H and O–H groups in total. The summed E-state index contributed by atoms with van der Waals surface area (Å²) >= 11 is 5.23. The molecule has 4 rings (SSSR count). The first-order valence-electron chi connectivity index (χ1n) is 9.65. The lowest BCUT2D eigenvalue weighted by molar-refractivity contribution is 0.0950. The van der Waals surface area contributed by atoms with Crippen molar-refractivity contribution in [1.29, 1.82) is 0 Å². The summed E-state index contributed by atoms with van der Waals surface area (Å²) in [6.07, 6.45) is 4.67. The van der Waals surface area contributed by atoms with E-state index in [1.807, 2.05) is 48.9 Å². The van der Waals surface area contributed by atoms with Crippen molar-refractivity contribution in [2.24, 2.45) is 0 Å². The number of H-pyrrole nitrogens is 1. The molecule has 1 atom stereocenters. The summed E-state index contributed by atoms with van der Waals surface area (Å²) in [6.45, 7) is 4.93. The van der Waals surface area contributed by atoms with Crippen LogP contribution in [0.5, 0.6) is 11.5 Å². The maximum Gasteiger partial charge on any atom is 0.251 e. The van der Waals surface area contributed by atoms with Crippen molar-refractivity contribution in [3.05, 3.63) is 70.3 Å². The Morgan fingerprint density at radius 1 is 1.34 bits per heavy atom. The molecule has 3 aromatic rings. The van der Waals surface area contributed by atoms with Gasteiger partial charge < -0.3 is 19.8 Å². The van der Waals surface area contributed by atoms with Gasteiger partial charge in [-0.15, -0.1) is 0 Å². The van der Waals surface area contributed by atoms with Gasteiger partial charge in [-0.25, -0.2) is 0 Å². The lowest BCUT2D eigenvalue weighted by Crippen LogP contribution is -2.23. The van der Waals surface area contributed by atoms with E-state index in [2.05, 4.69) is 10.3 Å². The van der Waals surface area contributed by atoms with Crippen molar-refractivity contribution in [1.82, 2.24) is 14.9 Å². The molecule has 7 heteroatoms. The average molecular weight is 410 g/mol.